The van der Waals surface area contributed by atoms with Crippen molar-refractivity contribution in [1.29, 1.82) is 0 Å². The minimum absolute atomic E-state index is 0.131. The molecule has 0 fully saturated rings. The number of anilines is 1. The normalized spacial score (nSPS) is 10.8. The van der Waals surface area contributed by atoms with E-state index in [-0.39, 0.29) is 11.9 Å². The van der Waals surface area contributed by atoms with Gasteiger partial charge < -0.3 is 15.8 Å². The standard InChI is InChI=1S/C17H21BrN4O2/c1-9(2)8-24-13-6-5-11(7-12(13)18)15-14(16(23)20-4)10(3)21-17(19)22-15/h5-7,9H,8H2,1-4H3,(H,20,23)(H2,19,21,22). The van der Waals surface area contributed by atoms with E-state index in [1.165, 1.54) is 0 Å². The Morgan fingerprint density at radius 2 is 2.08 bits per heavy atom. The second kappa shape index (κ2) is 7.61. The van der Waals surface area contributed by atoms with Crippen molar-refractivity contribution < 1.29 is 9.53 Å². The molecule has 0 spiro atoms. The van der Waals surface area contributed by atoms with E-state index in [2.05, 4.69) is 45.1 Å². The molecule has 2 rings (SSSR count). The Hall–Kier alpha value is -2.15. The number of hydrogen-bond acceptors (Lipinski definition) is 5. The van der Waals surface area contributed by atoms with Crippen molar-refractivity contribution in [2.45, 2.75) is 20.8 Å². The Labute approximate surface area is 150 Å². The van der Waals surface area contributed by atoms with E-state index in [9.17, 15) is 4.79 Å². The third kappa shape index (κ3) is 4.03. The maximum atomic E-state index is 12.2. The fourth-order valence-corrected chi connectivity index (χ4v) is 2.72. The molecule has 0 radical (unpaired) electrons. The fraction of sp³-hybridized carbons (Fsp3) is 0.353. The first kappa shape index (κ1) is 18.2. The SMILES string of the molecule is CNC(=O)c1c(C)nc(N)nc1-c1ccc(OCC(C)C)c(Br)c1. The molecular formula is C17H21BrN4O2. The lowest BCUT2D eigenvalue weighted by Gasteiger charge is -2.14. The number of ether oxygens (including phenoxy) is 1. The Morgan fingerprint density at radius 1 is 1.38 bits per heavy atom. The number of nitrogen functional groups attached to an aromatic ring is 1. The van der Waals surface area contributed by atoms with Crippen LogP contribution in [0.15, 0.2) is 22.7 Å². The van der Waals surface area contributed by atoms with Crippen molar-refractivity contribution in [1.82, 2.24) is 15.3 Å². The summed E-state index contributed by atoms with van der Waals surface area (Å²) in [5.41, 5.74) is 7.97. The number of aromatic nitrogens is 2. The first-order valence-electron chi connectivity index (χ1n) is 7.62. The van der Waals surface area contributed by atoms with Gasteiger partial charge in [0, 0.05) is 12.6 Å². The van der Waals surface area contributed by atoms with Gasteiger partial charge in [-0.3, -0.25) is 4.79 Å². The van der Waals surface area contributed by atoms with Crippen LogP contribution >= 0.6 is 15.9 Å². The second-order valence-corrected chi connectivity index (χ2v) is 6.67. The summed E-state index contributed by atoms with van der Waals surface area (Å²) in [6.07, 6.45) is 0. The van der Waals surface area contributed by atoms with Gasteiger partial charge in [-0.2, -0.15) is 0 Å². The number of rotatable bonds is 5. The van der Waals surface area contributed by atoms with Crippen LogP contribution in [0.1, 0.15) is 29.9 Å². The lowest BCUT2D eigenvalue weighted by molar-refractivity contribution is 0.0962. The summed E-state index contributed by atoms with van der Waals surface area (Å²) in [6.45, 7) is 6.54. The molecule has 0 atom stereocenters. The van der Waals surface area contributed by atoms with E-state index >= 15 is 0 Å². The van der Waals surface area contributed by atoms with Crippen LogP contribution in [0.5, 0.6) is 5.75 Å². The minimum atomic E-state index is -0.251. The van der Waals surface area contributed by atoms with Crippen LogP contribution in [0.3, 0.4) is 0 Å². The van der Waals surface area contributed by atoms with Gasteiger partial charge in [-0.05, 0) is 47.0 Å². The molecule has 0 saturated carbocycles. The average molecular weight is 393 g/mol. The van der Waals surface area contributed by atoms with Gasteiger partial charge in [0.1, 0.15) is 5.75 Å². The van der Waals surface area contributed by atoms with Gasteiger partial charge in [-0.1, -0.05) is 13.8 Å². The summed E-state index contributed by atoms with van der Waals surface area (Å²) >= 11 is 3.51. The first-order valence-corrected chi connectivity index (χ1v) is 8.41. The van der Waals surface area contributed by atoms with Gasteiger partial charge in [0.15, 0.2) is 0 Å². The van der Waals surface area contributed by atoms with Crippen molar-refractivity contribution in [3.05, 3.63) is 33.9 Å². The predicted molar refractivity (Wildman–Crippen MR) is 98.0 cm³/mol. The van der Waals surface area contributed by atoms with Crippen LogP contribution < -0.4 is 15.8 Å². The molecule has 0 unspecified atom stereocenters. The molecule has 1 heterocycles. The smallest absolute Gasteiger partial charge is 0.255 e. The van der Waals surface area contributed by atoms with Crippen molar-refractivity contribution in [3.63, 3.8) is 0 Å². The zero-order valence-electron chi connectivity index (χ0n) is 14.2. The molecule has 128 valence electrons. The molecule has 0 aliphatic heterocycles. The Bertz CT molecular complexity index is 762. The highest BCUT2D eigenvalue weighted by molar-refractivity contribution is 9.10. The number of carbonyl (C=O) groups excluding carboxylic acids is 1. The van der Waals surface area contributed by atoms with Crippen LogP contribution in [0.4, 0.5) is 5.95 Å². The number of nitrogens with two attached hydrogens (primary N) is 1. The molecule has 0 aliphatic carbocycles. The number of nitrogens with zero attached hydrogens (tertiary/aromatic N) is 2. The first-order chi connectivity index (χ1) is 11.3. The Morgan fingerprint density at radius 3 is 2.67 bits per heavy atom. The van der Waals surface area contributed by atoms with Gasteiger partial charge in [-0.25, -0.2) is 9.97 Å². The third-order valence-corrected chi connectivity index (χ3v) is 3.96. The maximum Gasteiger partial charge on any atom is 0.255 e. The zero-order chi connectivity index (χ0) is 17.9. The van der Waals surface area contributed by atoms with Crippen LogP contribution in [0.2, 0.25) is 0 Å². The largest absolute Gasteiger partial charge is 0.492 e. The van der Waals surface area contributed by atoms with Crippen LogP contribution in [-0.2, 0) is 0 Å². The molecule has 3 N–H and O–H groups in total. The topological polar surface area (TPSA) is 90.1 Å². The van der Waals surface area contributed by atoms with Crippen molar-refractivity contribution in [3.8, 4) is 17.0 Å². The highest BCUT2D eigenvalue weighted by Gasteiger charge is 2.19. The average Bonchev–Trinajstić information content (AvgIpc) is 2.52. The lowest BCUT2D eigenvalue weighted by Crippen LogP contribution is -2.21. The summed E-state index contributed by atoms with van der Waals surface area (Å²) < 4.78 is 6.54. The monoisotopic (exact) mass is 392 g/mol. The molecule has 24 heavy (non-hydrogen) atoms. The predicted octanol–water partition coefficient (Wildman–Crippen LogP) is 3.19. The van der Waals surface area contributed by atoms with E-state index in [1.54, 1.807) is 14.0 Å². The molecular weight excluding hydrogens is 372 g/mol. The van der Waals surface area contributed by atoms with Gasteiger partial charge >= 0.3 is 0 Å². The zero-order valence-corrected chi connectivity index (χ0v) is 15.8. The molecule has 1 amide bonds. The van der Waals surface area contributed by atoms with Gasteiger partial charge in [0.25, 0.3) is 5.91 Å². The van der Waals surface area contributed by atoms with Gasteiger partial charge in [0.05, 0.1) is 28.0 Å². The summed E-state index contributed by atoms with van der Waals surface area (Å²) in [6, 6.07) is 5.57. The highest BCUT2D eigenvalue weighted by Crippen LogP contribution is 2.32. The second-order valence-electron chi connectivity index (χ2n) is 5.82. The molecule has 0 bridgehead atoms. The lowest BCUT2D eigenvalue weighted by atomic mass is 10.0. The Kier molecular flexibility index (Phi) is 5.77. The molecule has 0 saturated heterocycles. The van der Waals surface area contributed by atoms with Gasteiger partial charge in [-0.15, -0.1) is 0 Å². The molecule has 1 aromatic carbocycles. The minimum Gasteiger partial charge on any atom is -0.492 e. The summed E-state index contributed by atoms with van der Waals surface area (Å²) in [4.78, 5) is 20.6. The summed E-state index contributed by atoms with van der Waals surface area (Å²) in [5, 5.41) is 2.61. The van der Waals surface area contributed by atoms with Crippen molar-refractivity contribution >= 4 is 27.8 Å². The number of nitrogens with one attached hydrogen (secondary N) is 1. The van der Waals surface area contributed by atoms with Crippen molar-refractivity contribution in [2.24, 2.45) is 5.92 Å². The maximum absolute atomic E-state index is 12.2. The van der Waals surface area contributed by atoms with Crippen LogP contribution in [0.25, 0.3) is 11.3 Å². The molecule has 2 aromatic rings. The molecule has 1 aromatic heterocycles. The van der Waals surface area contributed by atoms with E-state index in [0.29, 0.717) is 29.5 Å². The molecule has 7 heteroatoms. The molecule has 6 nitrogen and oxygen atoms in total. The number of hydrogen-bond donors (Lipinski definition) is 2. The number of carbonyl (C=O) groups is 1. The van der Waals surface area contributed by atoms with Crippen LogP contribution in [0, 0.1) is 12.8 Å². The van der Waals surface area contributed by atoms with E-state index in [0.717, 1.165) is 15.8 Å². The van der Waals surface area contributed by atoms with E-state index in [4.69, 9.17) is 10.5 Å². The highest BCUT2D eigenvalue weighted by atomic mass is 79.9. The number of halogens is 1. The Balaban J connectivity index is 2.48. The van der Waals surface area contributed by atoms with E-state index < -0.39 is 0 Å². The van der Waals surface area contributed by atoms with Gasteiger partial charge in [0.2, 0.25) is 5.95 Å². The van der Waals surface area contributed by atoms with Crippen LogP contribution in [-0.4, -0.2) is 29.5 Å². The number of amides is 1. The summed E-state index contributed by atoms with van der Waals surface area (Å²) in [7, 11) is 1.57. The van der Waals surface area contributed by atoms with E-state index in [1.807, 2.05) is 18.2 Å². The van der Waals surface area contributed by atoms with Crippen molar-refractivity contribution in [2.75, 3.05) is 19.4 Å². The quantitative estimate of drug-likeness (QED) is 0.814. The third-order valence-electron chi connectivity index (χ3n) is 3.34. The molecule has 0 aliphatic rings. The fourth-order valence-electron chi connectivity index (χ4n) is 2.22. The summed E-state index contributed by atoms with van der Waals surface area (Å²) in [5.74, 6) is 1.05. The number of aryl methyl sites for hydroxylation is 1. The number of benzene rings is 1.